The van der Waals surface area contributed by atoms with E-state index in [2.05, 4.69) is 4.74 Å². The molecule has 2 rings (SSSR count). The fourth-order valence-corrected chi connectivity index (χ4v) is 2.53. The Kier molecular flexibility index (Phi) is 6.17. The second-order valence-electron chi connectivity index (χ2n) is 5.23. The maximum atomic E-state index is 13.4. The lowest BCUT2D eigenvalue weighted by atomic mass is 9.92. The number of benzene rings is 1. The zero-order valence-electron chi connectivity index (χ0n) is 13.5. The summed E-state index contributed by atoms with van der Waals surface area (Å²) in [7, 11) is 2.62. The number of hydrogen-bond acceptors (Lipinski definition) is 6. The maximum absolute atomic E-state index is 13.4. The molecular formula is C17H16ClFO6. The van der Waals surface area contributed by atoms with Crippen molar-refractivity contribution in [2.75, 3.05) is 14.2 Å². The van der Waals surface area contributed by atoms with Gasteiger partial charge in [0.2, 0.25) is 11.2 Å². The van der Waals surface area contributed by atoms with Crippen molar-refractivity contribution in [3.8, 4) is 5.75 Å². The number of aromatic hydroxyl groups is 1. The topological polar surface area (TPSA) is 86.0 Å². The van der Waals surface area contributed by atoms with E-state index in [0.717, 1.165) is 12.1 Å². The Morgan fingerprint density at radius 2 is 2.08 bits per heavy atom. The quantitative estimate of drug-likeness (QED) is 0.787. The van der Waals surface area contributed by atoms with Gasteiger partial charge in [-0.1, -0.05) is 17.7 Å². The van der Waals surface area contributed by atoms with Crippen molar-refractivity contribution in [3.05, 3.63) is 62.4 Å². The third kappa shape index (κ3) is 4.37. The van der Waals surface area contributed by atoms with Gasteiger partial charge in [-0.3, -0.25) is 9.59 Å². The Balaban J connectivity index is 2.61. The lowest BCUT2D eigenvalue weighted by Crippen LogP contribution is -2.14. The van der Waals surface area contributed by atoms with Crippen LogP contribution in [0.25, 0.3) is 0 Å². The standard InChI is InChI=1S/C17H16ClFO6/c1-23-8-10-6-14(20)16(22)17(25-10)11(7-15(21)24-2)9-3-4-13(19)12(18)5-9/h3-6,11,22H,7-8H2,1-2H3/t11-/m0/s1. The summed E-state index contributed by atoms with van der Waals surface area (Å²) in [4.78, 5) is 23.8. The van der Waals surface area contributed by atoms with E-state index in [1.54, 1.807) is 0 Å². The zero-order chi connectivity index (χ0) is 18.6. The van der Waals surface area contributed by atoms with E-state index in [0.29, 0.717) is 5.56 Å². The molecule has 0 aliphatic carbocycles. The van der Waals surface area contributed by atoms with Gasteiger partial charge in [0.05, 0.1) is 24.5 Å². The molecule has 1 atom stereocenters. The first kappa shape index (κ1) is 19.0. The Morgan fingerprint density at radius 3 is 2.68 bits per heavy atom. The number of ether oxygens (including phenoxy) is 2. The van der Waals surface area contributed by atoms with Crippen LogP contribution >= 0.6 is 11.6 Å². The SMILES string of the molecule is COCc1cc(=O)c(O)c([C@@H](CC(=O)OC)c2ccc(F)c(Cl)c2)o1. The second-order valence-corrected chi connectivity index (χ2v) is 5.64. The van der Waals surface area contributed by atoms with Crippen LogP contribution in [0.3, 0.4) is 0 Å². The molecule has 1 aromatic carbocycles. The molecule has 0 radical (unpaired) electrons. The van der Waals surface area contributed by atoms with Crippen molar-refractivity contribution in [2.45, 2.75) is 18.9 Å². The molecule has 0 spiro atoms. The lowest BCUT2D eigenvalue weighted by molar-refractivity contribution is -0.140. The molecule has 8 heteroatoms. The van der Waals surface area contributed by atoms with E-state index in [9.17, 15) is 19.1 Å². The molecular weight excluding hydrogens is 355 g/mol. The van der Waals surface area contributed by atoms with Crippen molar-refractivity contribution in [3.63, 3.8) is 0 Å². The van der Waals surface area contributed by atoms with Crippen molar-refractivity contribution in [2.24, 2.45) is 0 Å². The first-order valence-corrected chi connectivity index (χ1v) is 7.61. The number of halogens is 2. The van der Waals surface area contributed by atoms with Crippen LogP contribution < -0.4 is 5.43 Å². The number of methoxy groups -OCH3 is 2. The second kappa shape index (κ2) is 8.13. The van der Waals surface area contributed by atoms with Crippen molar-refractivity contribution >= 4 is 17.6 Å². The molecule has 0 unspecified atom stereocenters. The molecule has 2 aromatic rings. The maximum Gasteiger partial charge on any atom is 0.306 e. The van der Waals surface area contributed by atoms with Crippen LogP contribution in [0.15, 0.2) is 33.5 Å². The summed E-state index contributed by atoms with van der Waals surface area (Å²) < 4.78 is 28.6. The van der Waals surface area contributed by atoms with E-state index in [4.69, 9.17) is 20.8 Å². The highest BCUT2D eigenvalue weighted by atomic mass is 35.5. The molecule has 1 N–H and O–H groups in total. The van der Waals surface area contributed by atoms with Crippen LogP contribution in [0.5, 0.6) is 5.75 Å². The minimum atomic E-state index is -0.893. The predicted octanol–water partition coefficient (Wildman–Crippen LogP) is 2.98. The summed E-state index contributed by atoms with van der Waals surface area (Å²) in [6.45, 7) is -0.00234. The minimum Gasteiger partial charge on any atom is -0.502 e. The number of esters is 1. The van der Waals surface area contributed by atoms with Crippen LogP contribution in [0.2, 0.25) is 5.02 Å². The van der Waals surface area contributed by atoms with Crippen LogP contribution in [-0.2, 0) is 20.9 Å². The van der Waals surface area contributed by atoms with Gasteiger partial charge in [0.25, 0.3) is 0 Å². The number of carbonyl (C=O) groups is 1. The Bertz CT molecular complexity index is 832. The molecule has 134 valence electrons. The van der Waals surface area contributed by atoms with E-state index >= 15 is 0 Å². The summed E-state index contributed by atoms with van der Waals surface area (Å²) in [6, 6.07) is 4.90. The Labute approximate surface area is 147 Å². The third-order valence-corrected chi connectivity index (χ3v) is 3.84. The molecule has 0 aliphatic heterocycles. The van der Waals surface area contributed by atoms with Gasteiger partial charge < -0.3 is 19.0 Å². The van der Waals surface area contributed by atoms with E-state index in [1.165, 1.54) is 26.4 Å². The van der Waals surface area contributed by atoms with Crippen molar-refractivity contribution < 1.29 is 28.2 Å². The van der Waals surface area contributed by atoms with Crippen LogP contribution in [0.4, 0.5) is 4.39 Å². The molecule has 0 bridgehead atoms. The third-order valence-electron chi connectivity index (χ3n) is 3.55. The predicted molar refractivity (Wildman–Crippen MR) is 87.2 cm³/mol. The van der Waals surface area contributed by atoms with Gasteiger partial charge >= 0.3 is 5.97 Å². The minimum absolute atomic E-state index is 0.00234. The molecule has 0 aliphatic rings. The first-order valence-electron chi connectivity index (χ1n) is 7.24. The summed E-state index contributed by atoms with van der Waals surface area (Å²) in [5.41, 5.74) is -0.304. The van der Waals surface area contributed by atoms with Crippen LogP contribution in [0, 0.1) is 5.82 Å². The largest absolute Gasteiger partial charge is 0.502 e. The van der Waals surface area contributed by atoms with Crippen LogP contribution in [-0.4, -0.2) is 25.3 Å². The molecule has 0 fully saturated rings. The Hall–Kier alpha value is -2.38. The van der Waals surface area contributed by atoms with Crippen LogP contribution in [0.1, 0.15) is 29.4 Å². The van der Waals surface area contributed by atoms with Gasteiger partial charge in [-0.05, 0) is 17.7 Å². The molecule has 25 heavy (non-hydrogen) atoms. The summed E-state index contributed by atoms with van der Waals surface area (Å²) in [6.07, 6.45) is -0.245. The number of rotatable bonds is 6. The van der Waals surface area contributed by atoms with Gasteiger partial charge in [0.15, 0.2) is 5.76 Å². The number of carbonyl (C=O) groups excluding carboxylic acids is 1. The van der Waals surface area contributed by atoms with Gasteiger partial charge in [-0.25, -0.2) is 4.39 Å². The molecule has 0 amide bonds. The molecule has 1 aromatic heterocycles. The van der Waals surface area contributed by atoms with E-state index < -0.39 is 28.9 Å². The average molecular weight is 371 g/mol. The average Bonchev–Trinajstić information content (AvgIpc) is 2.58. The monoisotopic (exact) mass is 370 g/mol. The first-order chi connectivity index (χ1) is 11.9. The summed E-state index contributed by atoms with van der Waals surface area (Å²) in [5.74, 6) is -2.76. The normalized spacial score (nSPS) is 12.0. The molecule has 1 heterocycles. The van der Waals surface area contributed by atoms with Gasteiger partial charge in [-0.15, -0.1) is 0 Å². The molecule has 0 saturated heterocycles. The van der Waals surface area contributed by atoms with Gasteiger partial charge in [0, 0.05) is 13.2 Å². The highest BCUT2D eigenvalue weighted by molar-refractivity contribution is 6.30. The highest BCUT2D eigenvalue weighted by Crippen LogP contribution is 2.35. The van der Waals surface area contributed by atoms with Gasteiger partial charge in [0.1, 0.15) is 18.2 Å². The number of hydrogen-bond donors (Lipinski definition) is 1. The van der Waals surface area contributed by atoms with E-state index in [1.807, 2.05) is 0 Å². The molecule has 0 saturated carbocycles. The van der Waals surface area contributed by atoms with Crippen molar-refractivity contribution in [1.29, 1.82) is 0 Å². The fraction of sp³-hybridized carbons (Fsp3) is 0.294. The highest BCUT2D eigenvalue weighted by Gasteiger charge is 2.27. The summed E-state index contributed by atoms with van der Waals surface area (Å²) >= 11 is 5.80. The zero-order valence-corrected chi connectivity index (χ0v) is 14.3. The van der Waals surface area contributed by atoms with Gasteiger partial charge in [-0.2, -0.15) is 0 Å². The molecule has 6 nitrogen and oxygen atoms in total. The summed E-state index contributed by atoms with van der Waals surface area (Å²) in [5, 5.41) is 9.96. The van der Waals surface area contributed by atoms with Crippen molar-refractivity contribution in [1.82, 2.24) is 0 Å². The smallest absolute Gasteiger partial charge is 0.306 e. The Morgan fingerprint density at radius 1 is 1.36 bits per heavy atom. The fourth-order valence-electron chi connectivity index (χ4n) is 2.35. The lowest BCUT2D eigenvalue weighted by Gasteiger charge is -2.17. The van der Waals surface area contributed by atoms with E-state index in [-0.39, 0.29) is 29.6 Å².